The number of anilines is 2. The number of nitriles is 1. The predicted octanol–water partition coefficient (Wildman–Crippen LogP) is 5.05. The molecular formula is C32H32F3N9O2. The maximum atomic E-state index is 14.5. The van der Waals surface area contributed by atoms with E-state index in [0.29, 0.717) is 67.4 Å². The first-order valence-corrected chi connectivity index (χ1v) is 14.9. The molecule has 5 heterocycles. The van der Waals surface area contributed by atoms with Gasteiger partial charge in [0.1, 0.15) is 18.0 Å². The highest BCUT2D eigenvalue weighted by molar-refractivity contribution is 6.10. The van der Waals surface area contributed by atoms with Crippen molar-refractivity contribution in [3.05, 3.63) is 71.3 Å². The minimum atomic E-state index is -4.65. The number of carbonyl (C=O) groups excluding carboxylic acids is 1. The van der Waals surface area contributed by atoms with Crippen LogP contribution in [0.2, 0.25) is 0 Å². The Kier molecular flexibility index (Phi) is 8.70. The molecule has 238 valence electrons. The lowest BCUT2D eigenvalue weighted by atomic mass is 9.98. The van der Waals surface area contributed by atoms with Crippen LogP contribution in [0.15, 0.2) is 49.1 Å². The summed E-state index contributed by atoms with van der Waals surface area (Å²) in [5.41, 5.74) is 1.56. The molecule has 1 aromatic carbocycles. The van der Waals surface area contributed by atoms with Crippen molar-refractivity contribution < 1.29 is 22.7 Å². The van der Waals surface area contributed by atoms with Gasteiger partial charge in [-0.2, -0.15) is 18.4 Å². The fourth-order valence-electron chi connectivity index (χ4n) is 5.92. The van der Waals surface area contributed by atoms with Gasteiger partial charge in [-0.3, -0.25) is 19.6 Å². The average molecular weight is 632 g/mol. The minimum Gasteiger partial charge on any atom is -0.376 e. The van der Waals surface area contributed by atoms with E-state index in [0.717, 1.165) is 11.6 Å². The van der Waals surface area contributed by atoms with E-state index in [2.05, 4.69) is 31.6 Å². The quantitative estimate of drug-likeness (QED) is 0.253. The molecular weight excluding hydrogens is 599 g/mol. The Morgan fingerprint density at radius 3 is 2.76 bits per heavy atom. The molecule has 0 spiro atoms. The van der Waals surface area contributed by atoms with Crippen molar-refractivity contribution >= 4 is 17.5 Å². The Balaban J connectivity index is 1.40. The van der Waals surface area contributed by atoms with Crippen molar-refractivity contribution in [2.75, 3.05) is 36.5 Å². The predicted molar refractivity (Wildman–Crippen MR) is 163 cm³/mol. The number of alkyl halides is 3. The third kappa shape index (κ3) is 6.42. The molecule has 4 aromatic rings. The fraction of sp³-hybridized carbons (Fsp3) is 0.375. The smallest absolute Gasteiger partial charge is 0.376 e. The maximum absolute atomic E-state index is 14.5. The van der Waals surface area contributed by atoms with E-state index in [9.17, 15) is 18.0 Å². The monoisotopic (exact) mass is 631 g/mol. The van der Waals surface area contributed by atoms with E-state index in [1.165, 1.54) is 4.90 Å². The van der Waals surface area contributed by atoms with Crippen molar-refractivity contribution in [1.29, 1.82) is 5.26 Å². The van der Waals surface area contributed by atoms with E-state index >= 15 is 0 Å². The minimum absolute atomic E-state index is 0.0167. The molecule has 0 unspecified atom stereocenters. The molecule has 1 fully saturated rings. The summed E-state index contributed by atoms with van der Waals surface area (Å²) in [6, 6.07) is 10.1. The number of aromatic nitrogens is 5. The maximum Gasteiger partial charge on any atom is 0.416 e. The average Bonchev–Trinajstić information content (AvgIpc) is 3.61. The second-order valence-corrected chi connectivity index (χ2v) is 11.4. The van der Waals surface area contributed by atoms with Crippen LogP contribution in [-0.2, 0) is 31.1 Å². The molecule has 1 N–H and O–H groups in total. The molecule has 1 amide bonds. The van der Waals surface area contributed by atoms with Crippen molar-refractivity contribution in [3.63, 3.8) is 0 Å². The van der Waals surface area contributed by atoms with Gasteiger partial charge in [-0.1, -0.05) is 0 Å². The van der Waals surface area contributed by atoms with E-state index in [4.69, 9.17) is 10.00 Å². The summed E-state index contributed by atoms with van der Waals surface area (Å²) in [5, 5.41) is 20.4. The van der Waals surface area contributed by atoms with Crippen molar-refractivity contribution in [2.24, 2.45) is 7.05 Å². The lowest BCUT2D eigenvalue weighted by Gasteiger charge is -2.31. The Labute approximate surface area is 263 Å². The third-order valence-corrected chi connectivity index (χ3v) is 8.08. The highest BCUT2D eigenvalue weighted by atomic mass is 19.4. The Bertz CT molecular complexity index is 1800. The molecule has 3 aromatic heterocycles. The Morgan fingerprint density at radius 1 is 1.17 bits per heavy atom. The molecule has 11 nitrogen and oxygen atoms in total. The van der Waals surface area contributed by atoms with Crippen LogP contribution in [0.4, 0.5) is 24.8 Å². The summed E-state index contributed by atoms with van der Waals surface area (Å²) in [6.45, 7) is 4.02. The molecule has 0 radical (unpaired) electrons. The molecule has 2 aliphatic rings. The summed E-state index contributed by atoms with van der Waals surface area (Å²) in [4.78, 5) is 26.2. The number of amides is 1. The molecule has 1 saturated heterocycles. The van der Waals surface area contributed by atoms with Crippen molar-refractivity contribution in [1.82, 2.24) is 29.6 Å². The number of hydrogen-bond acceptors (Lipinski definition) is 9. The number of hydrogen-bond donors (Lipinski definition) is 1. The van der Waals surface area contributed by atoms with Gasteiger partial charge in [-0.25, -0.2) is 4.98 Å². The van der Waals surface area contributed by atoms with Crippen LogP contribution in [0.25, 0.3) is 22.5 Å². The van der Waals surface area contributed by atoms with Crippen LogP contribution in [0.3, 0.4) is 0 Å². The first-order chi connectivity index (χ1) is 22.1. The molecule has 0 aliphatic carbocycles. The van der Waals surface area contributed by atoms with E-state index in [1.807, 2.05) is 18.9 Å². The topological polar surface area (TPSA) is 125 Å². The van der Waals surface area contributed by atoms with Gasteiger partial charge in [0.15, 0.2) is 5.82 Å². The molecule has 0 saturated carbocycles. The number of fused-ring (bicyclic) bond motifs is 1. The summed E-state index contributed by atoms with van der Waals surface area (Å²) in [5.74, 6) is 0.615. The number of pyridine rings is 2. The lowest BCUT2D eigenvalue weighted by Crippen LogP contribution is -2.40. The molecule has 2 aliphatic heterocycles. The number of unbranched alkanes of at least 4 members (excludes halogenated alkanes) is 1. The first kappa shape index (κ1) is 31.1. The second kappa shape index (κ2) is 12.9. The standard InChI is InChI=1S/C32H32F3N9O2/c1-20-16-43(9-10-46-20)17-21-11-24-26(27(12-21)32(33,34)35)18-44(31(24)45)29-14-22(13-28(40-29)38-7-4-3-6-36)25-15-37-8-5-23(25)30-41-39-19-42(30)2/h5,8,11-15,19-20H,3-4,7,9-10,16-18H2,1-2H3,(H,38,40)/t20-/m1/s1. The van der Waals surface area contributed by atoms with Crippen LogP contribution in [0.1, 0.15) is 46.8 Å². The van der Waals surface area contributed by atoms with Gasteiger partial charge in [0.25, 0.3) is 5.91 Å². The van der Waals surface area contributed by atoms with E-state index < -0.39 is 17.6 Å². The number of halogens is 3. The number of rotatable bonds is 9. The highest BCUT2D eigenvalue weighted by Crippen LogP contribution is 2.41. The fourth-order valence-corrected chi connectivity index (χ4v) is 5.92. The number of carbonyl (C=O) groups is 1. The number of benzene rings is 1. The van der Waals surface area contributed by atoms with Crippen LogP contribution in [0.5, 0.6) is 0 Å². The number of nitrogens with zero attached hydrogens (tertiary/aromatic N) is 8. The number of nitrogens with one attached hydrogen (secondary N) is 1. The molecule has 14 heteroatoms. The Hall–Kier alpha value is -4.87. The molecule has 46 heavy (non-hydrogen) atoms. The largest absolute Gasteiger partial charge is 0.416 e. The van der Waals surface area contributed by atoms with Crippen LogP contribution < -0.4 is 10.2 Å². The molecule has 6 rings (SSSR count). The van der Waals surface area contributed by atoms with Gasteiger partial charge < -0.3 is 14.6 Å². The van der Waals surface area contributed by atoms with E-state index in [1.54, 1.807) is 47.6 Å². The highest BCUT2D eigenvalue weighted by Gasteiger charge is 2.41. The van der Waals surface area contributed by atoms with Gasteiger partial charge >= 0.3 is 6.18 Å². The van der Waals surface area contributed by atoms with Crippen LogP contribution in [0, 0.1) is 11.3 Å². The lowest BCUT2D eigenvalue weighted by molar-refractivity contribution is -0.138. The summed E-state index contributed by atoms with van der Waals surface area (Å²) < 4.78 is 50.7. The number of morpholine rings is 1. The zero-order valence-corrected chi connectivity index (χ0v) is 25.4. The number of ether oxygens (including phenoxy) is 1. The van der Waals surface area contributed by atoms with Gasteiger partial charge in [-0.15, -0.1) is 10.2 Å². The summed E-state index contributed by atoms with van der Waals surface area (Å²) >= 11 is 0. The van der Waals surface area contributed by atoms with E-state index in [-0.39, 0.29) is 36.1 Å². The van der Waals surface area contributed by atoms with Gasteiger partial charge in [0.2, 0.25) is 0 Å². The van der Waals surface area contributed by atoms with Gasteiger partial charge in [0.05, 0.1) is 30.9 Å². The van der Waals surface area contributed by atoms with Crippen LogP contribution >= 0.6 is 0 Å². The summed E-state index contributed by atoms with van der Waals surface area (Å²) in [7, 11) is 1.81. The second-order valence-electron chi connectivity index (χ2n) is 11.4. The van der Waals surface area contributed by atoms with Crippen molar-refractivity contribution in [2.45, 2.75) is 45.1 Å². The normalized spacial score (nSPS) is 16.8. The van der Waals surface area contributed by atoms with Gasteiger partial charge in [-0.05, 0) is 60.4 Å². The third-order valence-electron chi connectivity index (χ3n) is 8.08. The summed E-state index contributed by atoms with van der Waals surface area (Å²) in [6.07, 6.45) is 1.07. The Morgan fingerprint density at radius 2 is 2.02 bits per heavy atom. The molecule has 1 atom stereocenters. The van der Waals surface area contributed by atoms with Crippen molar-refractivity contribution in [3.8, 4) is 28.6 Å². The van der Waals surface area contributed by atoms with Crippen LogP contribution in [-0.4, -0.2) is 67.9 Å². The zero-order chi connectivity index (χ0) is 32.4. The molecule has 0 bridgehead atoms. The SMILES string of the molecule is C[C@@H]1CN(Cc2cc3c(c(C(F)(F)F)c2)CN(c2cc(-c4cnccc4-c4nncn4C)cc(NCCCC#N)n2)C3=O)CCO1. The first-order valence-electron chi connectivity index (χ1n) is 14.9. The van der Waals surface area contributed by atoms with Gasteiger partial charge in [0, 0.05) is 68.7 Å². The number of aryl methyl sites for hydroxylation is 1. The zero-order valence-electron chi connectivity index (χ0n) is 25.4.